The van der Waals surface area contributed by atoms with Gasteiger partial charge in [-0.15, -0.1) is 0 Å². The highest BCUT2D eigenvalue weighted by atomic mass is 16.5. The standard InChI is InChI=1S/C17H23NO3/c1-18-13-7-8-14(18)10-15(9-13)21-17(20)16(11-19)12-5-3-2-4-6-12/h2-6,13-16,19H,7-11H2,1H3/t13-,14?,15-,16?/m1/s1/i1D3. The lowest BCUT2D eigenvalue weighted by Crippen LogP contribution is -2.43. The summed E-state index contributed by atoms with van der Waals surface area (Å²) in [5, 5.41) is 9.56. The van der Waals surface area contributed by atoms with Crippen molar-refractivity contribution >= 4 is 5.97 Å². The molecule has 2 unspecified atom stereocenters. The van der Waals surface area contributed by atoms with Crippen LogP contribution in [0.5, 0.6) is 0 Å². The van der Waals surface area contributed by atoms with Crippen LogP contribution in [0.3, 0.4) is 0 Å². The van der Waals surface area contributed by atoms with Gasteiger partial charge in [-0.3, -0.25) is 4.79 Å². The lowest BCUT2D eigenvalue weighted by molar-refractivity contribution is -0.155. The second kappa shape index (κ2) is 6.16. The van der Waals surface area contributed by atoms with Crippen molar-refractivity contribution < 1.29 is 18.8 Å². The molecule has 0 saturated carbocycles. The summed E-state index contributed by atoms with van der Waals surface area (Å²) in [7, 11) is 0. The van der Waals surface area contributed by atoms with E-state index >= 15 is 0 Å². The fourth-order valence-corrected chi connectivity index (χ4v) is 3.47. The topological polar surface area (TPSA) is 49.8 Å². The summed E-state index contributed by atoms with van der Waals surface area (Å²) in [5.41, 5.74) is 0.730. The molecule has 2 aliphatic heterocycles. The van der Waals surface area contributed by atoms with E-state index in [1.807, 2.05) is 18.2 Å². The highest BCUT2D eigenvalue weighted by Crippen LogP contribution is 2.36. The van der Waals surface area contributed by atoms with Gasteiger partial charge in [0, 0.05) is 16.2 Å². The van der Waals surface area contributed by atoms with E-state index in [0.29, 0.717) is 12.8 Å². The van der Waals surface area contributed by atoms with Crippen LogP contribution in [0.2, 0.25) is 0 Å². The number of hydrogen-bond donors (Lipinski definition) is 1. The number of aliphatic hydroxyl groups excluding tert-OH is 1. The molecule has 2 saturated heterocycles. The smallest absolute Gasteiger partial charge is 0.316 e. The number of rotatable bonds is 4. The predicted molar refractivity (Wildman–Crippen MR) is 80.0 cm³/mol. The van der Waals surface area contributed by atoms with Gasteiger partial charge in [-0.1, -0.05) is 30.3 Å². The Morgan fingerprint density at radius 3 is 2.62 bits per heavy atom. The van der Waals surface area contributed by atoms with Crippen LogP contribution in [0.15, 0.2) is 30.3 Å². The Kier molecular flexibility index (Phi) is 3.29. The molecule has 114 valence electrons. The normalized spacial score (nSPS) is 32.8. The number of nitrogens with zero attached hydrogens (tertiary/aromatic N) is 1. The van der Waals surface area contributed by atoms with Crippen molar-refractivity contribution in [3.63, 3.8) is 0 Å². The zero-order chi connectivity index (χ0) is 17.3. The number of ether oxygens (including phenoxy) is 1. The first-order valence-electron chi connectivity index (χ1n) is 9.05. The summed E-state index contributed by atoms with van der Waals surface area (Å²) in [6, 6.07) is 8.97. The summed E-state index contributed by atoms with van der Waals surface area (Å²) in [5.74, 6) is -1.13. The summed E-state index contributed by atoms with van der Waals surface area (Å²) >= 11 is 0. The second-order valence-electron chi connectivity index (χ2n) is 5.97. The molecule has 4 nitrogen and oxygen atoms in total. The van der Waals surface area contributed by atoms with E-state index in [-0.39, 0.29) is 24.8 Å². The van der Waals surface area contributed by atoms with Crippen LogP contribution in [0.4, 0.5) is 0 Å². The minimum atomic E-state index is -2.08. The number of carbonyl (C=O) groups is 1. The van der Waals surface area contributed by atoms with E-state index < -0.39 is 18.9 Å². The molecule has 1 aromatic carbocycles. The maximum absolute atomic E-state index is 12.4. The first kappa shape index (κ1) is 11.2. The number of fused-ring (bicyclic) bond motifs is 2. The van der Waals surface area contributed by atoms with Crippen LogP contribution in [0, 0.1) is 0 Å². The van der Waals surface area contributed by atoms with Crippen molar-refractivity contribution in [2.24, 2.45) is 0 Å². The van der Waals surface area contributed by atoms with Crippen LogP contribution >= 0.6 is 0 Å². The largest absolute Gasteiger partial charge is 0.462 e. The van der Waals surface area contributed by atoms with E-state index in [2.05, 4.69) is 0 Å². The minimum absolute atomic E-state index is 0.0571. The quantitative estimate of drug-likeness (QED) is 0.862. The van der Waals surface area contributed by atoms with Crippen LogP contribution in [0.25, 0.3) is 0 Å². The third-order valence-electron chi connectivity index (χ3n) is 4.64. The Morgan fingerprint density at radius 2 is 2.05 bits per heavy atom. The zero-order valence-electron chi connectivity index (χ0n) is 14.9. The maximum atomic E-state index is 12.4. The van der Waals surface area contributed by atoms with Gasteiger partial charge >= 0.3 is 5.97 Å². The van der Waals surface area contributed by atoms with Gasteiger partial charge in [-0.2, -0.15) is 0 Å². The summed E-state index contributed by atoms with van der Waals surface area (Å²) < 4.78 is 28.6. The average Bonchev–Trinajstić information content (AvgIpc) is 2.82. The van der Waals surface area contributed by atoms with Crippen LogP contribution in [0.1, 0.15) is 41.3 Å². The van der Waals surface area contributed by atoms with E-state index in [9.17, 15) is 9.90 Å². The van der Waals surface area contributed by atoms with Gasteiger partial charge in [0.05, 0.1) is 6.61 Å². The number of benzene rings is 1. The second-order valence-corrected chi connectivity index (χ2v) is 5.97. The average molecular weight is 292 g/mol. The van der Waals surface area contributed by atoms with Crippen molar-refractivity contribution in [3.8, 4) is 0 Å². The number of piperidine rings is 1. The molecular weight excluding hydrogens is 266 g/mol. The highest BCUT2D eigenvalue weighted by molar-refractivity contribution is 5.78. The van der Waals surface area contributed by atoms with Crippen molar-refractivity contribution in [3.05, 3.63) is 35.9 Å². The van der Waals surface area contributed by atoms with Gasteiger partial charge in [0.15, 0.2) is 0 Å². The molecule has 4 atom stereocenters. The van der Waals surface area contributed by atoms with Crippen LogP contribution in [-0.4, -0.2) is 47.7 Å². The van der Waals surface area contributed by atoms with Crippen molar-refractivity contribution in [1.29, 1.82) is 0 Å². The Balaban J connectivity index is 1.64. The molecule has 0 amide bonds. The number of hydrogen-bond acceptors (Lipinski definition) is 4. The highest BCUT2D eigenvalue weighted by Gasteiger charge is 2.40. The van der Waals surface area contributed by atoms with E-state index in [1.165, 1.54) is 0 Å². The number of esters is 1. The Labute approximate surface area is 129 Å². The summed E-state index contributed by atoms with van der Waals surface area (Å²) in [6.45, 7) is -2.39. The Morgan fingerprint density at radius 1 is 1.38 bits per heavy atom. The molecule has 0 aliphatic carbocycles. The van der Waals surface area contributed by atoms with Crippen LogP contribution in [-0.2, 0) is 9.53 Å². The molecule has 0 aromatic heterocycles. The molecule has 0 radical (unpaired) electrons. The molecular formula is C17H23NO3. The zero-order valence-corrected chi connectivity index (χ0v) is 11.9. The Bertz CT molecular complexity index is 564. The number of aliphatic hydroxyl groups is 1. The summed E-state index contributed by atoms with van der Waals surface area (Å²) in [6.07, 6.45) is 2.49. The van der Waals surface area contributed by atoms with Crippen molar-refractivity contribution in [2.75, 3.05) is 13.6 Å². The van der Waals surface area contributed by atoms with E-state index in [0.717, 1.165) is 18.4 Å². The first-order chi connectivity index (χ1) is 11.4. The molecule has 1 N–H and O–H groups in total. The molecule has 2 aliphatic rings. The van der Waals surface area contributed by atoms with Gasteiger partial charge in [0.1, 0.15) is 12.0 Å². The third-order valence-corrected chi connectivity index (χ3v) is 4.64. The van der Waals surface area contributed by atoms with E-state index in [4.69, 9.17) is 8.85 Å². The first-order valence-corrected chi connectivity index (χ1v) is 7.55. The van der Waals surface area contributed by atoms with Crippen molar-refractivity contribution in [1.82, 2.24) is 4.90 Å². The molecule has 21 heavy (non-hydrogen) atoms. The van der Waals surface area contributed by atoms with Gasteiger partial charge in [0.2, 0.25) is 0 Å². The molecule has 2 heterocycles. The van der Waals surface area contributed by atoms with E-state index in [1.54, 1.807) is 17.0 Å². The lowest BCUT2D eigenvalue weighted by atomic mass is 9.98. The third kappa shape index (κ3) is 2.97. The van der Waals surface area contributed by atoms with Gasteiger partial charge in [0.25, 0.3) is 0 Å². The van der Waals surface area contributed by atoms with Crippen LogP contribution < -0.4 is 0 Å². The van der Waals surface area contributed by atoms with Crippen molar-refractivity contribution in [2.45, 2.75) is 49.8 Å². The lowest BCUT2D eigenvalue weighted by Gasteiger charge is -2.36. The fraction of sp³-hybridized carbons (Fsp3) is 0.588. The maximum Gasteiger partial charge on any atom is 0.316 e. The molecule has 2 bridgehead atoms. The molecule has 1 aromatic rings. The molecule has 0 spiro atoms. The van der Waals surface area contributed by atoms with Gasteiger partial charge in [-0.05, 0) is 38.2 Å². The predicted octanol–water partition coefficient (Wildman–Crippen LogP) is 1.93. The SMILES string of the molecule is [2H]C([2H])([2H])N1C2CC[C@@H]1C[C@@H](OC(=O)C(CO)c1ccccc1)C2. The Hall–Kier alpha value is -1.39. The molecule has 3 rings (SSSR count). The number of carbonyl (C=O) groups excluding carboxylic acids is 1. The molecule has 2 fully saturated rings. The van der Waals surface area contributed by atoms with Gasteiger partial charge in [-0.25, -0.2) is 0 Å². The monoisotopic (exact) mass is 292 g/mol. The minimum Gasteiger partial charge on any atom is -0.462 e. The van der Waals surface area contributed by atoms with Gasteiger partial charge < -0.3 is 14.7 Å². The summed E-state index contributed by atoms with van der Waals surface area (Å²) in [4.78, 5) is 14.1. The molecule has 4 heteroatoms. The fourth-order valence-electron chi connectivity index (χ4n) is 3.47.